The lowest BCUT2D eigenvalue weighted by atomic mass is 9.97. The van der Waals surface area contributed by atoms with Gasteiger partial charge in [-0.2, -0.15) is 0 Å². The molecule has 1 N–H and O–H groups in total. The maximum Gasteiger partial charge on any atom is 0.412 e. The molecule has 3 amide bonds. The Balaban J connectivity index is 1.98. The number of benzene rings is 1. The van der Waals surface area contributed by atoms with Crippen LogP contribution in [0.15, 0.2) is 24.3 Å². The van der Waals surface area contributed by atoms with Crippen molar-refractivity contribution in [3.8, 4) is 0 Å². The van der Waals surface area contributed by atoms with Gasteiger partial charge in [0, 0.05) is 37.9 Å². The van der Waals surface area contributed by atoms with Crippen LogP contribution in [-0.4, -0.2) is 65.8 Å². The third-order valence-electron chi connectivity index (χ3n) is 4.80. The summed E-state index contributed by atoms with van der Waals surface area (Å²) in [6.07, 6.45) is 0.887. The number of anilines is 1. The van der Waals surface area contributed by atoms with Gasteiger partial charge in [-0.05, 0) is 78.5 Å². The van der Waals surface area contributed by atoms with Gasteiger partial charge in [-0.15, -0.1) is 0 Å². The van der Waals surface area contributed by atoms with Gasteiger partial charge in [-0.25, -0.2) is 9.59 Å². The summed E-state index contributed by atoms with van der Waals surface area (Å²) in [5.74, 6) is 0.0794. The summed E-state index contributed by atoms with van der Waals surface area (Å²) in [7, 11) is 1.72. The van der Waals surface area contributed by atoms with Crippen LogP contribution < -0.4 is 5.32 Å². The zero-order chi connectivity index (χ0) is 24.1. The number of hydrogen-bond acceptors (Lipinski definition) is 5. The number of nitrogens with one attached hydrogen (secondary N) is 1. The molecule has 0 spiro atoms. The number of amides is 3. The molecule has 1 aliphatic heterocycles. The molecule has 0 aromatic heterocycles. The average molecular weight is 448 g/mol. The smallest absolute Gasteiger partial charge is 0.412 e. The van der Waals surface area contributed by atoms with Gasteiger partial charge in [0.25, 0.3) is 5.91 Å². The Labute approximate surface area is 191 Å². The van der Waals surface area contributed by atoms with E-state index in [2.05, 4.69) is 5.32 Å². The van der Waals surface area contributed by atoms with Crippen LogP contribution in [0.25, 0.3) is 0 Å². The molecular formula is C24H37N3O5. The molecule has 0 aliphatic carbocycles. The van der Waals surface area contributed by atoms with Crippen LogP contribution in [-0.2, 0) is 9.47 Å². The number of hydrogen-bond donors (Lipinski definition) is 1. The summed E-state index contributed by atoms with van der Waals surface area (Å²) in [6, 6.07) is 6.84. The second-order valence-corrected chi connectivity index (χ2v) is 10.3. The van der Waals surface area contributed by atoms with Crippen LogP contribution in [0.2, 0.25) is 0 Å². The first-order valence-electron chi connectivity index (χ1n) is 11.1. The van der Waals surface area contributed by atoms with E-state index in [4.69, 9.17) is 9.47 Å². The number of rotatable bonds is 4. The van der Waals surface area contributed by atoms with Gasteiger partial charge in [0.2, 0.25) is 0 Å². The number of nitrogens with zero attached hydrogens (tertiary/aromatic N) is 2. The van der Waals surface area contributed by atoms with Gasteiger partial charge in [0.15, 0.2) is 0 Å². The standard InChI is InChI=1S/C24H37N3O5/c1-23(2,3)31-21(29)25-19-12-8-11-18(14-19)20(28)27-13-9-10-17(16-27)15-26(7)22(30)32-24(4,5)6/h8,11-12,14,17H,9-10,13,15-16H2,1-7H3,(H,25,29). The zero-order valence-electron chi connectivity index (χ0n) is 20.4. The van der Waals surface area contributed by atoms with Crippen LogP contribution in [0.1, 0.15) is 64.7 Å². The van der Waals surface area contributed by atoms with Crippen molar-refractivity contribution in [3.63, 3.8) is 0 Å². The van der Waals surface area contributed by atoms with Crippen molar-refractivity contribution in [3.05, 3.63) is 29.8 Å². The molecule has 1 unspecified atom stereocenters. The maximum absolute atomic E-state index is 13.1. The molecule has 1 aromatic rings. The third kappa shape index (κ3) is 8.40. The number of likely N-dealkylation sites (tertiary alicyclic amines) is 1. The van der Waals surface area contributed by atoms with Crippen molar-refractivity contribution in [2.75, 3.05) is 32.0 Å². The summed E-state index contributed by atoms with van der Waals surface area (Å²) in [6.45, 7) is 12.6. The zero-order valence-corrected chi connectivity index (χ0v) is 20.4. The first kappa shape index (κ1) is 25.5. The van der Waals surface area contributed by atoms with E-state index in [0.29, 0.717) is 30.9 Å². The second kappa shape index (κ2) is 10.2. The largest absolute Gasteiger partial charge is 0.444 e. The fourth-order valence-corrected chi connectivity index (χ4v) is 3.53. The average Bonchev–Trinajstić information content (AvgIpc) is 2.65. The van der Waals surface area contributed by atoms with Crippen molar-refractivity contribution in [2.24, 2.45) is 5.92 Å². The Hall–Kier alpha value is -2.77. The minimum atomic E-state index is -0.604. The molecule has 0 radical (unpaired) electrons. The van der Waals surface area contributed by atoms with Gasteiger partial charge in [0.05, 0.1) is 0 Å². The predicted octanol–water partition coefficient (Wildman–Crippen LogP) is 4.75. The molecule has 8 nitrogen and oxygen atoms in total. The van der Waals surface area contributed by atoms with Gasteiger partial charge in [-0.3, -0.25) is 10.1 Å². The molecule has 1 aliphatic rings. The number of ether oxygens (including phenoxy) is 2. The summed E-state index contributed by atoms with van der Waals surface area (Å²) >= 11 is 0. The first-order chi connectivity index (χ1) is 14.7. The summed E-state index contributed by atoms with van der Waals surface area (Å²) < 4.78 is 10.7. The SMILES string of the molecule is CN(CC1CCCN(C(=O)c2cccc(NC(=O)OC(C)(C)C)c2)C1)C(=O)OC(C)(C)C. The summed E-state index contributed by atoms with van der Waals surface area (Å²) in [4.78, 5) is 40.8. The van der Waals surface area contributed by atoms with E-state index in [1.54, 1.807) is 57.0 Å². The van der Waals surface area contributed by atoms with Crippen LogP contribution in [0.3, 0.4) is 0 Å². The van der Waals surface area contributed by atoms with Gasteiger partial charge in [0.1, 0.15) is 11.2 Å². The Bertz CT molecular complexity index is 826. The molecule has 1 atom stereocenters. The number of carbonyl (C=O) groups is 3. The molecule has 1 fully saturated rings. The Morgan fingerprint density at radius 3 is 2.38 bits per heavy atom. The van der Waals surface area contributed by atoms with Crippen LogP contribution in [0.4, 0.5) is 15.3 Å². The van der Waals surface area contributed by atoms with Crippen LogP contribution in [0.5, 0.6) is 0 Å². The van der Waals surface area contributed by atoms with Crippen molar-refractivity contribution < 1.29 is 23.9 Å². The summed E-state index contributed by atoms with van der Waals surface area (Å²) in [5, 5.41) is 2.67. The molecule has 178 valence electrons. The molecule has 2 rings (SSSR count). The van der Waals surface area contributed by atoms with E-state index in [-0.39, 0.29) is 17.9 Å². The van der Waals surface area contributed by atoms with Gasteiger partial charge >= 0.3 is 12.2 Å². The quantitative estimate of drug-likeness (QED) is 0.719. The van der Waals surface area contributed by atoms with Crippen molar-refractivity contribution in [1.82, 2.24) is 9.80 Å². The van der Waals surface area contributed by atoms with E-state index in [9.17, 15) is 14.4 Å². The highest BCUT2D eigenvalue weighted by atomic mass is 16.6. The lowest BCUT2D eigenvalue weighted by Gasteiger charge is -2.35. The van der Waals surface area contributed by atoms with Crippen molar-refractivity contribution in [1.29, 1.82) is 0 Å². The van der Waals surface area contributed by atoms with Gasteiger partial charge < -0.3 is 19.3 Å². The molecule has 0 bridgehead atoms. The minimum Gasteiger partial charge on any atom is -0.444 e. The highest BCUT2D eigenvalue weighted by Gasteiger charge is 2.28. The van der Waals surface area contributed by atoms with Crippen LogP contribution >= 0.6 is 0 Å². The highest BCUT2D eigenvalue weighted by Crippen LogP contribution is 2.22. The Kier molecular flexibility index (Phi) is 8.15. The summed E-state index contributed by atoms with van der Waals surface area (Å²) in [5.41, 5.74) is -0.145. The maximum atomic E-state index is 13.1. The minimum absolute atomic E-state index is 0.0949. The molecule has 8 heteroatoms. The highest BCUT2D eigenvalue weighted by molar-refractivity contribution is 5.96. The lowest BCUT2D eigenvalue weighted by Crippen LogP contribution is -2.45. The topological polar surface area (TPSA) is 88.2 Å². The fourth-order valence-electron chi connectivity index (χ4n) is 3.53. The lowest BCUT2D eigenvalue weighted by molar-refractivity contribution is 0.0244. The first-order valence-corrected chi connectivity index (χ1v) is 11.1. The molecule has 1 heterocycles. The Morgan fingerprint density at radius 1 is 1.09 bits per heavy atom. The molecular weight excluding hydrogens is 410 g/mol. The van der Waals surface area contributed by atoms with Crippen molar-refractivity contribution in [2.45, 2.75) is 65.6 Å². The number of carbonyl (C=O) groups excluding carboxylic acids is 3. The van der Waals surface area contributed by atoms with E-state index in [0.717, 1.165) is 12.8 Å². The van der Waals surface area contributed by atoms with E-state index >= 15 is 0 Å². The predicted molar refractivity (Wildman–Crippen MR) is 124 cm³/mol. The van der Waals surface area contributed by atoms with Crippen LogP contribution in [0, 0.1) is 5.92 Å². The molecule has 32 heavy (non-hydrogen) atoms. The normalized spacial score (nSPS) is 16.8. The molecule has 1 saturated heterocycles. The molecule has 1 aromatic carbocycles. The second-order valence-electron chi connectivity index (χ2n) is 10.3. The van der Waals surface area contributed by atoms with E-state index < -0.39 is 17.3 Å². The monoisotopic (exact) mass is 447 g/mol. The van der Waals surface area contributed by atoms with E-state index in [1.165, 1.54) is 0 Å². The molecule has 0 saturated carbocycles. The van der Waals surface area contributed by atoms with Crippen molar-refractivity contribution >= 4 is 23.8 Å². The Morgan fingerprint density at radius 2 is 1.75 bits per heavy atom. The van der Waals surface area contributed by atoms with E-state index in [1.807, 2.05) is 25.7 Å². The number of piperidine rings is 1. The van der Waals surface area contributed by atoms with Gasteiger partial charge in [-0.1, -0.05) is 6.07 Å². The fraction of sp³-hybridized carbons (Fsp3) is 0.625. The third-order valence-corrected chi connectivity index (χ3v) is 4.80.